The molecule has 1 saturated carbocycles. The Kier molecular flexibility index (Phi) is 2.43. The van der Waals surface area contributed by atoms with Crippen LogP contribution in [0.3, 0.4) is 0 Å². The third-order valence-corrected chi connectivity index (χ3v) is 3.51. The molecule has 0 radical (unpaired) electrons. The van der Waals surface area contributed by atoms with Crippen LogP contribution in [0.15, 0.2) is 18.3 Å². The number of nitrogens with one attached hydrogen (secondary N) is 1. The maximum absolute atomic E-state index is 5.90. The normalized spacial score (nSPS) is 24.9. The molecule has 2 unspecified atom stereocenters. The standard InChI is InChI=1S/C12H19N3/c1-12(2)7-9(12)10(14-3)8-5-4-6-15-11(8)13/h4-6,9-10,14H,7H2,1-3H3,(H2,13,15). The first-order valence-corrected chi connectivity index (χ1v) is 5.44. The first-order chi connectivity index (χ1) is 7.06. The molecule has 0 aromatic carbocycles. The Morgan fingerprint density at radius 2 is 2.27 bits per heavy atom. The van der Waals surface area contributed by atoms with Gasteiger partial charge in [-0.05, 0) is 30.9 Å². The highest BCUT2D eigenvalue weighted by Crippen LogP contribution is 2.57. The molecule has 0 spiro atoms. The molecular formula is C12H19N3. The lowest BCUT2D eigenvalue weighted by atomic mass is 9.98. The SMILES string of the molecule is CNC(c1cccnc1N)C1CC1(C)C. The molecule has 2 rings (SSSR count). The van der Waals surface area contributed by atoms with Gasteiger partial charge in [0, 0.05) is 17.8 Å². The first kappa shape index (κ1) is 10.4. The highest BCUT2D eigenvalue weighted by molar-refractivity contribution is 5.42. The summed E-state index contributed by atoms with van der Waals surface area (Å²) < 4.78 is 0. The van der Waals surface area contributed by atoms with Gasteiger partial charge in [0.1, 0.15) is 5.82 Å². The van der Waals surface area contributed by atoms with Gasteiger partial charge in [0.15, 0.2) is 0 Å². The van der Waals surface area contributed by atoms with Crippen molar-refractivity contribution >= 4 is 5.82 Å². The first-order valence-electron chi connectivity index (χ1n) is 5.44. The van der Waals surface area contributed by atoms with Gasteiger partial charge in [-0.15, -0.1) is 0 Å². The number of anilines is 1. The van der Waals surface area contributed by atoms with Crippen LogP contribution in [0, 0.1) is 11.3 Å². The fourth-order valence-corrected chi connectivity index (χ4v) is 2.34. The average Bonchev–Trinajstić information content (AvgIpc) is 2.80. The van der Waals surface area contributed by atoms with E-state index in [0.717, 1.165) is 5.56 Å². The molecular weight excluding hydrogens is 186 g/mol. The maximum atomic E-state index is 5.90. The lowest BCUT2D eigenvalue weighted by Crippen LogP contribution is -2.22. The summed E-state index contributed by atoms with van der Waals surface area (Å²) in [7, 11) is 1.99. The quantitative estimate of drug-likeness (QED) is 0.793. The Morgan fingerprint density at radius 1 is 1.60 bits per heavy atom. The van der Waals surface area contributed by atoms with E-state index >= 15 is 0 Å². The van der Waals surface area contributed by atoms with Gasteiger partial charge in [0.2, 0.25) is 0 Å². The molecule has 1 aliphatic rings. The van der Waals surface area contributed by atoms with Gasteiger partial charge >= 0.3 is 0 Å². The number of hydrogen-bond donors (Lipinski definition) is 2. The van der Waals surface area contributed by atoms with Gasteiger partial charge in [-0.3, -0.25) is 0 Å². The molecule has 3 heteroatoms. The second kappa shape index (κ2) is 3.49. The summed E-state index contributed by atoms with van der Waals surface area (Å²) in [5, 5.41) is 3.36. The maximum Gasteiger partial charge on any atom is 0.128 e. The topological polar surface area (TPSA) is 50.9 Å². The summed E-state index contributed by atoms with van der Waals surface area (Å²) in [6, 6.07) is 4.36. The molecule has 1 fully saturated rings. The van der Waals surface area contributed by atoms with Gasteiger partial charge in [-0.25, -0.2) is 4.98 Å². The zero-order chi connectivity index (χ0) is 11.1. The minimum atomic E-state index is 0.341. The highest BCUT2D eigenvalue weighted by atomic mass is 14.9. The zero-order valence-corrected chi connectivity index (χ0v) is 9.62. The Labute approximate surface area is 91.1 Å². The summed E-state index contributed by atoms with van der Waals surface area (Å²) >= 11 is 0. The van der Waals surface area contributed by atoms with Crippen LogP contribution in [0.4, 0.5) is 5.82 Å². The molecule has 2 atom stereocenters. The zero-order valence-electron chi connectivity index (χ0n) is 9.62. The van der Waals surface area contributed by atoms with E-state index in [1.165, 1.54) is 6.42 Å². The van der Waals surface area contributed by atoms with E-state index in [1.54, 1.807) is 6.20 Å². The summed E-state index contributed by atoms with van der Waals surface area (Å²) in [5.74, 6) is 1.33. The number of rotatable bonds is 3. The smallest absolute Gasteiger partial charge is 0.128 e. The largest absolute Gasteiger partial charge is 0.383 e. The monoisotopic (exact) mass is 205 g/mol. The van der Waals surface area contributed by atoms with Crippen molar-refractivity contribution in [2.75, 3.05) is 12.8 Å². The summed E-state index contributed by atoms with van der Waals surface area (Å²) in [5.41, 5.74) is 7.48. The third-order valence-electron chi connectivity index (χ3n) is 3.51. The van der Waals surface area contributed by atoms with Crippen molar-refractivity contribution in [1.29, 1.82) is 0 Å². The molecule has 1 heterocycles. The number of nitrogen functional groups attached to an aromatic ring is 1. The number of nitrogens with zero attached hydrogens (tertiary/aromatic N) is 1. The Hall–Kier alpha value is -1.09. The molecule has 0 saturated heterocycles. The Morgan fingerprint density at radius 3 is 2.73 bits per heavy atom. The summed E-state index contributed by atoms with van der Waals surface area (Å²) in [4.78, 5) is 4.14. The lowest BCUT2D eigenvalue weighted by Gasteiger charge is -2.19. The van der Waals surface area contributed by atoms with Crippen LogP contribution >= 0.6 is 0 Å². The van der Waals surface area contributed by atoms with E-state index in [9.17, 15) is 0 Å². The minimum absolute atomic E-state index is 0.341. The van der Waals surface area contributed by atoms with E-state index in [1.807, 2.05) is 13.1 Å². The second-order valence-electron chi connectivity index (χ2n) is 5.04. The van der Waals surface area contributed by atoms with Crippen LogP contribution in [-0.2, 0) is 0 Å². The molecule has 0 bridgehead atoms. The molecule has 1 aromatic heterocycles. The van der Waals surface area contributed by atoms with Crippen molar-refractivity contribution in [3.63, 3.8) is 0 Å². The molecule has 3 nitrogen and oxygen atoms in total. The van der Waals surface area contributed by atoms with Crippen molar-refractivity contribution in [3.05, 3.63) is 23.9 Å². The molecule has 15 heavy (non-hydrogen) atoms. The molecule has 0 amide bonds. The number of nitrogens with two attached hydrogens (primary N) is 1. The molecule has 82 valence electrons. The number of aromatic nitrogens is 1. The second-order valence-corrected chi connectivity index (χ2v) is 5.04. The van der Waals surface area contributed by atoms with Crippen molar-refractivity contribution in [3.8, 4) is 0 Å². The Bertz CT molecular complexity index is 360. The minimum Gasteiger partial charge on any atom is -0.383 e. The fourth-order valence-electron chi connectivity index (χ4n) is 2.34. The number of pyridine rings is 1. The van der Waals surface area contributed by atoms with E-state index in [-0.39, 0.29) is 0 Å². The van der Waals surface area contributed by atoms with Gasteiger partial charge in [0.25, 0.3) is 0 Å². The van der Waals surface area contributed by atoms with E-state index < -0.39 is 0 Å². The predicted octanol–water partition coefficient (Wildman–Crippen LogP) is 1.97. The number of hydrogen-bond acceptors (Lipinski definition) is 3. The van der Waals surface area contributed by atoms with Crippen LogP contribution in [-0.4, -0.2) is 12.0 Å². The van der Waals surface area contributed by atoms with Crippen molar-refractivity contribution in [2.45, 2.75) is 26.3 Å². The van der Waals surface area contributed by atoms with Crippen molar-refractivity contribution in [2.24, 2.45) is 11.3 Å². The Balaban J connectivity index is 2.25. The van der Waals surface area contributed by atoms with Crippen LogP contribution in [0.2, 0.25) is 0 Å². The van der Waals surface area contributed by atoms with Gasteiger partial charge in [-0.1, -0.05) is 19.9 Å². The van der Waals surface area contributed by atoms with Gasteiger partial charge < -0.3 is 11.1 Å². The fraction of sp³-hybridized carbons (Fsp3) is 0.583. The van der Waals surface area contributed by atoms with E-state index in [0.29, 0.717) is 23.2 Å². The summed E-state index contributed by atoms with van der Waals surface area (Å²) in [6.45, 7) is 4.60. The predicted molar refractivity (Wildman–Crippen MR) is 62.3 cm³/mol. The molecule has 0 aliphatic heterocycles. The highest BCUT2D eigenvalue weighted by Gasteiger charge is 2.50. The summed E-state index contributed by atoms with van der Waals surface area (Å²) in [6.07, 6.45) is 3.00. The van der Waals surface area contributed by atoms with E-state index in [4.69, 9.17) is 5.73 Å². The molecule has 3 N–H and O–H groups in total. The van der Waals surface area contributed by atoms with Crippen LogP contribution in [0.1, 0.15) is 31.9 Å². The van der Waals surface area contributed by atoms with Crippen LogP contribution in [0.5, 0.6) is 0 Å². The van der Waals surface area contributed by atoms with Crippen LogP contribution in [0.25, 0.3) is 0 Å². The van der Waals surface area contributed by atoms with Gasteiger partial charge in [-0.2, -0.15) is 0 Å². The average molecular weight is 205 g/mol. The van der Waals surface area contributed by atoms with Gasteiger partial charge in [0.05, 0.1) is 0 Å². The van der Waals surface area contributed by atoms with E-state index in [2.05, 4.69) is 30.2 Å². The molecule has 1 aliphatic carbocycles. The van der Waals surface area contributed by atoms with Crippen LogP contribution < -0.4 is 11.1 Å². The molecule has 1 aromatic rings. The third kappa shape index (κ3) is 1.84. The lowest BCUT2D eigenvalue weighted by molar-refractivity contribution is 0.441. The van der Waals surface area contributed by atoms with Crippen molar-refractivity contribution < 1.29 is 0 Å². The van der Waals surface area contributed by atoms with Crippen molar-refractivity contribution in [1.82, 2.24) is 10.3 Å².